The van der Waals surface area contributed by atoms with Gasteiger partial charge in [-0.05, 0) is 42.7 Å². The van der Waals surface area contributed by atoms with Crippen LogP contribution >= 0.6 is 11.3 Å². The van der Waals surface area contributed by atoms with Crippen molar-refractivity contribution in [3.63, 3.8) is 0 Å². The first-order chi connectivity index (χ1) is 13.2. The van der Waals surface area contributed by atoms with Crippen molar-refractivity contribution in [1.29, 1.82) is 0 Å². The van der Waals surface area contributed by atoms with E-state index in [1.54, 1.807) is 16.2 Å². The average molecular weight is 385 g/mol. The molecule has 0 aliphatic heterocycles. The zero-order valence-electron chi connectivity index (χ0n) is 15.4. The number of carbonyl (C=O) groups excluding carboxylic acids is 1. The number of nitrogens with one attached hydrogen (secondary N) is 1. The summed E-state index contributed by atoms with van der Waals surface area (Å²) >= 11 is 1.58. The second kappa shape index (κ2) is 8.04. The fourth-order valence-electron chi connectivity index (χ4n) is 3.43. The second-order valence-corrected chi connectivity index (χ2v) is 7.73. The summed E-state index contributed by atoms with van der Waals surface area (Å²) in [6.07, 6.45) is 6.56. The first-order valence-corrected chi connectivity index (χ1v) is 10.3. The van der Waals surface area contributed by atoms with Crippen LogP contribution in [-0.2, 0) is 30.6 Å². The van der Waals surface area contributed by atoms with Gasteiger partial charge in [-0.3, -0.25) is 9.89 Å². The van der Waals surface area contributed by atoms with Crippen molar-refractivity contribution in [2.24, 2.45) is 0 Å². The molecule has 0 saturated carbocycles. The molecule has 0 bridgehead atoms. The molecule has 3 heterocycles. The summed E-state index contributed by atoms with van der Waals surface area (Å²) in [5.74, 6) is 1.05. The number of amides is 1. The van der Waals surface area contributed by atoms with E-state index in [1.165, 1.54) is 30.5 Å². The molecule has 1 amide bonds. The third-order valence-electron chi connectivity index (χ3n) is 4.99. The van der Waals surface area contributed by atoms with Gasteiger partial charge in [0.25, 0.3) is 0 Å². The average Bonchev–Trinajstić information content (AvgIpc) is 3.39. The van der Waals surface area contributed by atoms with Gasteiger partial charge in [0.15, 0.2) is 0 Å². The number of thiophene rings is 1. The zero-order valence-corrected chi connectivity index (χ0v) is 16.2. The van der Waals surface area contributed by atoms with Crippen molar-refractivity contribution in [3.05, 3.63) is 39.7 Å². The van der Waals surface area contributed by atoms with Crippen LogP contribution in [0, 0.1) is 0 Å². The Balaban J connectivity index is 1.33. The number of H-pyrrole nitrogens is 1. The Morgan fingerprint density at radius 2 is 2.19 bits per heavy atom. The van der Waals surface area contributed by atoms with Gasteiger partial charge in [0.1, 0.15) is 0 Å². The Bertz CT molecular complexity index is 899. The molecule has 1 aliphatic carbocycles. The minimum Gasteiger partial charge on any atom is -0.421 e. The monoisotopic (exact) mass is 385 g/mol. The molecule has 0 unspecified atom stereocenters. The minimum atomic E-state index is 0.0515. The highest BCUT2D eigenvalue weighted by Crippen LogP contribution is 2.23. The van der Waals surface area contributed by atoms with Crippen molar-refractivity contribution in [2.75, 3.05) is 7.05 Å². The summed E-state index contributed by atoms with van der Waals surface area (Å²) in [6.45, 7) is 0.536. The lowest BCUT2D eigenvalue weighted by molar-refractivity contribution is -0.130. The van der Waals surface area contributed by atoms with E-state index < -0.39 is 0 Å². The molecule has 142 valence electrons. The lowest BCUT2D eigenvalue weighted by Crippen LogP contribution is -2.27. The molecular formula is C19H23N5O2S. The largest absolute Gasteiger partial charge is 0.421 e. The van der Waals surface area contributed by atoms with Crippen LogP contribution in [0.3, 0.4) is 0 Å². The smallest absolute Gasteiger partial charge is 0.248 e. The van der Waals surface area contributed by atoms with Gasteiger partial charge < -0.3 is 9.32 Å². The number of hydrogen-bond acceptors (Lipinski definition) is 6. The topological polar surface area (TPSA) is 87.9 Å². The summed E-state index contributed by atoms with van der Waals surface area (Å²) in [5.41, 5.74) is 4.47. The molecule has 1 N–H and O–H groups in total. The first kappa shape index (κ1) is 17.9. The molecule has 7 nitrogen and oxygen atoms in total. The summed E-state index contributed by atoms with van der Waals surface area (Å²) in [7, 11) is 1.82. The van der Waals surface area contributed by atoms with E-state index in [1.807, 2.05) is 23.9 Å². The van der Waals surface area contributed by atoms with Crippen LogP contribution in [0.1, 0.15) is 48.5 Å². The van der Waals surface area contributed by atoms with Crippen LogP contribution in [-0.4, -0.2) is 38.2 Å². The predicted molar refractivity (Wildman–Crippen MR) is 102 cm³/mol. The maximum atomic E-state index is 12.5. The number of carbonyl (C=O) groups is 1. The fourth-order valence-corrected chi connectivity index (χ4v) is 4.06. The molecule has 3 aromatic rings. The third-order valence-corrected chi connectivity index (χ3v) is 5.68. The maximum absolute atomic E-state index is 12.5. The Morgan fingerprint density at radius 3 is 3.04 bits per heavy atom. The Morgan fingerprint density at radius 1 is 1.30 bits per heavy atom. The Labute approximate surface area is 161 Å². The second-order valence-electron chi connectivity index (χ2n) is 6.95. The quantitative estimate of drug-likeness (QED) is 0.657. The summed E-state index contributed by atoms with van der Waals surface area (Å²) < 4.78 is 5.65. The molecule has 0 radical (unpaired) electrons. The van der Waals surface area contributed by atoms with E-state index in [2.05, 4.69) is 20.4 Å². The SMILES string of the molecule is CN(Cc1n[nH]c2c1CCCCC2)C(=O)CCc1nnc(-c2ccsc2)o1. The summed E-state index contributed by atoms with van der Waals surface area (Å²) in [4.78, 5) is 14.2. The number of fused-ring (bicyclic) bond motifs is 1. The van der Waals surface area contributed by atoms with E-state index in [9.17, 15) is 4.79 Å². The van der Waals surface area contributed by atoms with Gasteiger partial charge in [-0.15, -0.1) is 10.2 Å². The van der Waals surface area contributed by atoms with Crippen molar-refractivity contribution in [1.82, 2.24) is 25.3 Å². The first-order valence-electron chi connectivity index (χ1n) is 9.34. The molecule has 3 aromatic heterocycles. The number of rotatable bonds is 6. The Hall–Kier alpha value is -2.48. The lowest BCUT2D eigenvalue weighted by Gasteiger charge is -2.16. The number of aryl methyl sites for hydroxylation is 2. The normalized spacial score (nSPS) is 14.0. The van der Waals surface area contributed by atoms with Gasteiger partial charge >= 0.3 is 0 Å². The van der Waals surface area contributed by atoms with Gasteiger partial charge in [-0.2, -0.15) is 16.4 Å². The van der Waals surface area contributed by atoms with Gasteiger partial charge in [-0.25, -0.2) is 0 Å². The zero-order chi connectivity index (χ0) is 18.6. The molecule has 1 aliphatic rings. The highest BCUT2D eigenvalue weighted by atomic mass is 32.1. The molecule has 8 heteroatoms. The third kappa shape index (κ3) is 4.10. The fraction of sp³-hybridized carbons (Fsp3) is 0.474. The highest BCUT2D eigenvalue weighted by Gasteiger charge is 2.19. The van der Waals surface area contributed by atoms with Gasteiger partial charge in [0, 0.05) is 36.5 Å². The van der Waals surface area contributed by atoms with Gasteiger partial charge in [0.05, 0.1) is 12.2 Å². The predicted octanol–water partition coefficient (Wildman–Crippen LogP) is 3.38. The molecule has 0 spiro atoms. The number of nitrogens with zero attached hydrogens (tertiary/aromatic N) is 4. The maximum Gasteiger partial charge on any atom is 0.248 e. The van der Waals surface area contributed by atoms with Crippen molar-refractivity contribution >= 4 is 17.2 Å². The van der Waals surface area contributed by atoms with Crippen LogP contribution in [0.25, 0.3) is 11.5 Å². The van der Waals surface area contributed by atoms with Gasteiger partial charge in [0.2, 0.25) is 17.7 Å². The highest BCUT2D eigenvalue weighted by molar-refractivity contribution is 7.08. The van der Waals surface area contributed by atoms with E-state index in [0.717, 1.165) is 24.1 Å². The van der Waals surface area contributed by atoms with E-state index >= 15 is 0 Å². The van der Waals surface area contributed by atoms with E-state index in [4.69, 9.17) is 4.42 Å². The van der Waals surface area contributed by atoms with Crippen LogP contribution in [0.15, 0.2) is 21.2 Å². The van der Waals surface area contributed by atoms with Crippen molar-refractivity contribution in [2.45, 2.75) is 51.5 Å². The molecular weight excluding hydrogens is 362 g/mol. The van der Waals surface area contributed by atoms with Crippen LogP contribution in [0.5, 0.6) is 0 Å². The molecule has 27 heavy (non-hydrogen) atoms. The lowest BCUT2D eigenvalue weighted by atomic mass is 10.1. The van der Waals surface area contributed by atoms with Crippen molar-refractivity contribution in [3.8, 4) is 11.5 Å². The van der Waals surface area contributed by atoms with Gasteiger partial charge in [-0.1, -0.05) is 6.42 Å². The van der Waals surface area contributed by atoms with E-state index in [-0.39, 0.29) is 5.91 Å². The molecule has 0 saturated heterocycles. The molecule has 4 rings (SSSR count). The standard InChI is InChI=1S/C19H23N5O2S/c1-24(11-16-14-5-3-2-4-6-15(14)20-21-16)18(25)8-7-17-22-23-19(26-17)13-9-10-27-12-13/h9-10,12H,2-8,11H2,1H3,(H,20,21). The minimum absolute atomic E-state index is 0.0515. The number of aromatic amines is 1. The van der Waals surface area contributed by atoms with E-state index in [0.29, 0.717) is 31.2 Å². The van der Waals surface area contributed by atoms with Crippen LogP contribution in [0.2, 0.25) is 0 Å². The van der Waals surface area contributed by atoms with Crippen molar-refractivity contribution < 1.29 is 9.21 Å². The Kier molecular flexibility index (Phi) is 5.33. The summed E-state index contributed by atoms with van der Waals surface area (Å²) in [6, 6.07) is 1.94. The molecule has 0 aromatic carbocycles. The van der Waals surface area contributed by atoms with Crippen LogP contribution in [0.4, 0.5) is 0 Å². The number of aromatic nitrogens is 4. The molecule has 0 fully saturated rings. The van der Waals surface area contributed by atoms with Crippen LogP contribution < -0.4 is 0 Å². The summed E-state index contributed by atoms with van der Waals surface area (Å²) in [5, 5.41) is 19.6. The molecule has 0 atom stereocenters. The number of hydrogen-bond donors (Lipinski definition) is 1.